The number of rotatable bonds is 3. The van der Waals surface area contributed by atoms with Gasteiger partial charge in [0.25, 0.3) is 0 Å². The van der Waals surface area contributed by atoms with Gasteiger partial charge in [0, 0.05) is 14.2 Å². The molecule has 1 fully saturated rings. The molecule has 1 rings (SSSR count). The summed E-state index contributed by atoms with van der Waals surface area (Å²) in [4.78, 5) is 10.9. The Kier molecular flexibility index (Phi) is 2.53. The zero-order valence-electron chi connectivity index (χ0n) is 7.80. The monoisotopic (exact) mass is 187 g/mol. The Hall–Kier alpha value is -1.14. The van der Waals surface area contributed by atoms with E-state index in [1.807, 2.05) is 0 Å². The normalized spacial score (nSPS) is 27.7. The van der Waals surface area contributed by atoms with E-state index < -0.39 is 17.9 Å². The van der Waals surface area contributed by atoms with E-state index in [4.69, 9.17) is 14.9 Å². The number of amides is 2. The third-order valence-corrected chi connectivity index (χ3v) is 2.03. The summed E-state index contributed by atoms with van der Waals surface area (Å²) in [6, 6.07) is -0.411. The number of carbonyl (C=O) groups excluding carboxylic acids is 1. The first-order valence-corrected chi connectivity index (χ1v) is 3.78. The second kappa shape index (κ2) is 3.31. The molecule has 1 aliphatic rings. The first-order chi connectivity index (χ1) is 6.04. The fourth-order valence-electron chi connectivity index (χ4n) is 1.32. The molecule has 6 nitrogen and oxygen atoms in total. The van der Waals surface area contributed by atoms with Gasteiger partial charge in [0.2, 0.25) is 0 Å². The van der Waals surface area contributed by atoms with E-state index in [-0.39, 0.29) is 5.84 Å². The fourth-order valence-corrected chi connectivity index (χ4v) is 1.32. The SMILES string of the molecule is COC(OC)C1(C)NC(=O)NC1=N. The molecule has 1 heterocycles. The molecule has 1 aliphatic heterocycles. The van der Waals surface area contributed by atoms with Crippen molar-refractivity contribution < 1.29 is 14.3 Å². The van der Waals surface area contributed by atoms with Crippen LogP contribution in [0.3, 0.4) is 0 Å². The molecule has 0 aromatic carbocycles. The van der Waals surface area contributed by atoms with Gasteiger partial charge in [-0.05, 0) is 6.92 Å². The van der Waals surface area contributed by atoms with Crippen molar-refractivity contribution in [3.63, 3.8) is 0 Å². The number of amidine groups is 1. The van der Waals surface area contributed by atoms with Crippen molar-refractivity contribution in [2.75, 3.05) is 14.2 Å². The molecule has 1 saturated heterocycles. The summed E-state index contributed by atoms with van der Waals surface area (Å²) >= 11 is 0. The molecule has 6 heteroatoms. The van der Waals surface area contributed by atoms with Gasteiger partial charge in [-0.2, -0.15) is 0 Å². The summed E-state index contributed by atoms with van der Waals surface area (Å²) in [6.45, 7) is 1.66. The number of methoxy groups -OCH3 is 2. The van der Waals surface area contributed by atoms with Crippen molar-refractivity contribution in [3.8, 4) is 0 Å². The smallest absolute Gasteiger partial charge is 0.321 e. The zero-order valence-corrected chi connectivity index (χ0v) is 7.80. The molecule has 0 aromatic rings. The van der Waals surface area contributed by atoms with Crippen LogP contribution in [0.4, 0.5) is 4.79 Å². The van der Waals surface area contributed by atoms with E-state index in [9.17, 15) is 4.79 Å². The molecular weight excluding hydrogens is 174 g/mol. The number of nitrogens with one attached hydrogen (secondary N) is 3. The first kappa shape index (κ1) is 9.94. The van der Waals surface area contributed by atoms with Crippen LogP contribution in [-0.4, -0.2) is 37.9 Å². The topological polar surface area (TPSA) is 83.4 Å². The molecule has 0 spiro atoms. The van der Waals surface area contributed by atoms with Crippen LogP contribution in [0, 0.1) is 5.41 Å². The lowest BCUT2D eigenvalue weighted by Gasteiger charge is -2.29. The Bertz CT molecular complexity index is 239. The van der Waals surface area contributed by atoms with Gasteiger partial charge >= 0.3 is 6.03 Å². The molecule has 0 radical (unpaired) electrons. The van der Waals surface area contributed by atoms with Crippen molar-refractivity contribution in [3.05, 3.63) is 0 Å². The summed E-state index contributed by atoms with van der Waals surface area (Å²) in [6.07, 6.45) is -0.668. The van der Waals surface area contributed by atoms with E-state index in [0.717, 1.165) is 0 Å². The van der Waals surface area contributed by atoms with Crippen molar-refractivity contribution in [2.45, 2.75) is 18.8 Å². The van der Waals surface area contributed by atoms with Gasteiger partial charge in [0.15, 0.2) is 6.29 Å². The molecule has 0 bridgehead atoms. The standard InChI is InChI=1S/C7H13N3O3/c1-7(5(12-2)13-3)4(8)9-6(11)10-7/h5H,1-3H3,(H3,8,9,10,11). The third kappa shape index (κ3) is 1.50. The summed E-state index contributed by atoms with van der Waals surface area (Å²) in [5.74, 6) is 0.0474. The van der Waals surface area contributed by atoms with Crippen molar-refractivity contribution in [1.82, 2.24) is 10.6 Å². The molecule has 0 aliphatic carbocycles. The summed E-state index contributed by atoms with van der Waals surface area (Å²) in [5.41, 5.74) is -0.930. The number of hydrogen-bond donors (Lipinski definition) is 3. The molecule has 0 aromatic heterocycles. The van der Waals surface area contributed by atoms with Gasteiger partial charge < -0.3 is 14.8 Å². The van der Waals surface area contributed by atoms with Gasteiger partial charge in [0.05, 0.1) is 0 Å². The van der Waals surface area contributed by atoms with Gasteiger partial charge in [-0.3, -0.25) is 10.7 Å². The Morgan fingerprint density at radius 1 is 1.46 bits per heavy atom. The molecule has 1 unspecified atom stereocenters. The summed E-state index contributed by atoms with van der Waals surface area (Å²) in [5, 5.41) is 12.4. The van der Waals surface area contributed by atoms with Gasteiger partial charge in [-0.15, -0.1) is 0 Å². The van der Waals surface area contributed by atoms with Crippen LogP contribution in [0.5, 0.6) is 0 Å². The Balaban J connectivity index is 2.86. The average Bonchev–Trinajstić information content (AvgIpc) is 2.29. The maximum Gasteiger partial charge on any atom is 0.321 e. The molecule has 1 atom stereocenters. The molecule has 0 saturated carbocycles. The Morgan fingerprint density at radius 2 is 2.00 bits per heavy atom. The molecular formula is C7H13N3O3. The van der Waals surface area contributed by atoms with Crippen molar-refractivity contribution in [2.24, 2.45) is 0 Å². The summed E-state index contributed by atoms with van der Waals surface area (Å²) < 4.78 is 9.97. The third-order valence-electron chi connectivity index (χ3n) is 2.03. The lowest BCUT2D eigenvalue weighted by molar-refractivity contribution is -0.130. The van der Waals surface area contributed by atoms with Gasteiger partial charge in [-0.25, -0.2) is 4.79 Å². The highest BCUT2D eigenvalue weighted by Gasteiger charge is 2.46. The Labute approximate surface area is 76.1 Å². The van der Waals surface area contributed by atoms with Crippen LogP contribution in [0.2, 0.25) is 0 Å². The number of urea groups is 1. The fraction of sp³-hybridized carbons (Fsp3) is 0.714. The molecule has 3 N–H and O–H groups in total. The second-order valence-corrected chi connectivity index (χ2v) is 2.96. The molecule has 2 amide bonds. The van der Waals surface area contributed by atoms with E-state index >= 15 is 0 Å². The van der Waals surface area contributed by atoms with E-state index in [1.54, 1.807) is 6.92 Å². The van der Waals surface area contributed by atoms with E-state index in [0.29, 0.717) is 0 Å². The van der Waals surface area contributed by atoms with Crippen LogP contribution >= 0.6 is 0 Å². The maximum absolute atomic E-state index is 10.9. The lowest BCUT2D eigenvalue weighted by Crippen LogP contribution is -2.55. The van der Waals surface area contributed by atoms with Crippen LogP contribution < -0.4 is 10.6 Å². The van der Waals surface area contributed by atoms with Gasteiger partial charge in [-0.1, -0.05) is 0 Å². The van der Waals surface area contributed by atoms with Crippen molar-refractivity contribution >= 4 is 11.9 Å². The second-order valence-electron chi connectivity index (χ2n) is 2.96. The minimum Gasteiger partial charge on any atom is -0.353 e. The number of ether oxygens (including phenoxy) is 2. The highest BCUT2D eigenvalue weighted by Crippen LogP contribution is 2.17. The Morgan fingerprint density at radius 3 is 2.31 bits per heavy atom. The minimum atomic E-state index is -0.930. The molecule has 74 valence electrons. The zero-order chi connectivity index (χ0) is 10.1. The van der Waals surface area contributed by atoms with Gasteiger partial charge in [0.1, 0.15) is 11.4 Å². The summed E-state index contributed by atoms with van der Waals surface area (Å²) in [7, 11) is 2.91. The van der Waals surface area contributed by atoms with Crippen LogP contribution in [0.15, 0.2) is 0 Å². The highest BCUT2D eigenvalue weighted by atomic mass is 16.7. The highest BCUT2D eigenvalue weighted by molar-refractivity contribution is 6.08. The van der Waals surface area contributed by atoms with Crippen LogP contribution in [-0.2, 0) is 9.47 Å². The maximum atomic E-state index is 10.9. The quantitative estimate of drug-likeness (QED) is 0.528. The van der Waals surface area contributed by atoms with Crippen molar-refractivity contribution in [1.29, 1.82) is 5.41 Å². The largest absolute Gasteiger partial charge is 0.353 e. The van der Waals surface area contributed by atoms with E-state index in [2.05, 4.69) is 10.6 Å². The predicted molar refractivity (Wildman–Crippen MR) is 45.6 cm³/mol. The number of hydrogen-bond acceptors (Lipinski definition) is 4. The number of carbonyl (C=O) groups is 1. The van der Waals surface area contributed by atoms with Crippen LogP contribution in [0.25, 0.3) is 0 Å². The van der Waals surface area contributed by atoms with E-state index in [1.165, 1.54) is 14.2 Å². The average molecular weight is 187 g/mol. The minimum absolute atomic E-state index is 0.0474. The molecule has 13 heavy (non-hydrogen) atoms. The van der Waals surface area contributed by atoms with Crippen LogP contribution in [0.1, 0.15) is 6.92 Å². The predicted octanol–water partition coefficient (Wildman–Crippen LogP) is -0.346. The lowest BCUT2D eigenvalue weighted by atomic mass is 10.0. The first-order valence-electron chi connectivity index (χ1n) is 3.78.